The third-order valence-corrected chi connectivity index (χ3v) is 0. The van der Waals surface area contributed by atoms with Gasteiger partial charge in [-0.2, -0.15) is 0 Å². The minimum atomic E-state index is -5.11. The maximum Gasteiger partial charge on any atom is 2.00 e. The van der Waals surface area contributed by atoms with Gasteiger partial charge < -0.3 is 29.4 Å². The van der Waals surface area contributed by atoms with Gasteiger partial charge in [0.2, 0.25) is 0 Å². The molecule has 0 aromatic heterocycles. The molecule has 0 unspecified atom stereocenters. The molecule has 0 heterocycles. The molecule has 56 valence electrons. The van der Waals surface area contributed by atoms with Crippen molar-refractivity contribution in [3.8, 4) is 0 Å². The van der Waals surface area contributed by atoms with Crippen LogP contribution in [0.3, 0.4) is 0 Å². The molecule has 7 nitrogen and oxygen atoms in total. The van der Waals surface area contributed by atoms with Crippen molar-refractivity contribution in [1.29, 1.82) is 0 Å². The Hall–Kier alpha value is 0.587. The number of carbonyl (C=O) groups is 1. The van der Waals surface area contributed by atoms with E-state index in [0.29, 0.717) is 0 Å². The van der Waals surface area contributed by atoms with Gasteiger partial charge in [0.25, 0.3) is 0 Å². The first-order valence-corrected chi connectivity index (χ1v) is 3.22. The summed E-state index contributed by atoms with van der Waals surface area (Å²) in [4.78, 5) is 40.4. The summed E-state index contributed by atoms with van der Waals surface area (Å²) in [6, 6.07) is 0. The van der Waals surface area contributed by atoms with Crippen molar-refractivity contribution < 1.29 is 34.2 Å². The minimum absolute atomic E-state index is 0. The summed E-state index contributed by atoms with van der Waals surface area (Å²) in [6.45, 7) is 0. The van der Waals surface area contributed by atoms with E-state index in [9.17, 15) is 0 Å². The van der Waals surface area contributed by atoms with Gasteiger partial charge in [-0.1, -0.05) is 0 Å². The Balaban J connectivity index is -0.0000000910. The van der Waals surface area contributed by atoms with Crippen LogP contribution in [0.25, 0.3) is 0 Å². The molecular formula is CH4CaO7Si. The maximum atomic E-state index is 8.80. The van der Waals surface area contributed by atoms with Crippen molar-refractivity contribution in [1.82, 2.24) is 0 Å². The van der Waals surface area contributed by atoms with Gasteiger partial charge in [-0.25, -0.2) is 4.79 Å². The van der Waals surface area contributed by atoms with E-state index in [4.69, 9.17) is 34.2 Å². The molecule has 0 aromatic carbocycles. The molecule has 0 atom stereocenters. The van der Waals surface area contributed by atoms with Gasteiger partial charge in [-0.15, -0.1) is 0 Å². The fourth-order valence-corrected chi connectivity index (χ4v) is 0. The predicted octanol–water partition coefficient (Wildman–Crippen LogP) is -4.03. The molecule has 0 aromatic rings. The number of hydrogen-bond acceptors (Lipinski definition) is 5. The topological polar surface area (TPSA) is 144 Å². The smallest absolute Gasteiger partial charge is 0.828 e. The molecule has 0 aliphatic rings. The van der Waals surface area contributed by atoms with Crippen LogP contribution in [0.5, 0.6) is 0 Å². The molecule has 0 aliphatic heterocycles. The Kier molecular flexibility index (Phi) is 13.0. The van der Waals surface area contributed by atoms with Crippen molar-refractivity contribution in [2.24, 2.45) is 0 Å². The standard InChI is InChI=1S/CH2O3.Ca.H2O4Si/c2-1(3)4;;1-5(2,3)4/h(H2,2,3,4);;1-2H/q;+2;-2. The van der Waals surface area contributed by atoms with E-state index in [0.717, 1.165) is 0 Å². The van der Waals surface area contributed by atoms with Crippen LogP contribution in [-0.4, -0.2) is 72.7 Å². The summed E-state index contributed by atoms with van der Waals surface area (Å²) in [7, 11) is -5.11. The Labute approximate surface area is 86.7 Å². The molecular weight excluding hydrogens is 192 g/mol. The second kappa shape index (κ2) is 7.69. The van der Waals surface area contributed by atoms with E-state index in [1.54, 1.807) is 0 Å². The van der Waals surface area contributed by atoms with Crippen molar-refractivity contribution in [2.75, 3.05) is 0 Å². The first-order valence-electron chi connectivity index (χ1n) is 1.51. The van der Waals surface area contributed by atoms with Gasteiger partial charge in [-0.05, 0) is 0 Å². The van der Waals surface area contributed by atoms with E-state index in [1.165, 1.54) is 0 Å². The second-order valence-corrected chi connectivity index (χ2v) is 1.93. The van der Waals surface area contributed by atoms with E-state index in [-0.39, 0.29) is 37.7 Å². The van der Waals surface area contributed by atoms with Crippen LogP contribution in [0.4, 0.5) is 4.79 Å². The van der Waals surface area contributed by atoms with E-state index < -0.39 is 15.2 Å². The summed E-state index contributed by atoms with van der Waals surface area (Å²) < 4.78 is 0. The molecule has 0 spiro atoms. The van der Waals surface area contributed by atoms with Crippen LogP contribution in [0.1, 0.15) is 0 Å². The maximum absolute atomic E-state index is 8.80. The molecule has 0 fully saturated rings. The molecule has 0 saturated heterocycles. The zero-order chi connectivity index (χ0) is 8.08. The largest absolute Gasteiger partial charge is 2.00 e. The zero-order valence-electron chi connectivity index (χ0n) is 4.72. The first-order chi connectivity index (χ1) is 3.73. The zero-order valence-corrected chi connectivity index (χ0v) is 7.93. The molecule has 0 rings (SSSR count). The molecule has 0 bridgehead atoms. The van der Waals surface area contributed by atoms with E-state index in [2.05, 4.69) is 0 Å². The summed E-state index contributed by atoms with van der Waals surface area (Å²) in [5, 5.41) is 13.9. The first kappa shape index (κ1) is 16.9. The fourth-order valence-electron chi connectivity index (χ4n) is 0. The van der Waals surface area contributed by atoms with Gasteiger partial charge in [0.15, 0.2) is 0 Å². The van der Waals surface area contributed by atoms with Gasteiger partial charge in [-0.3, -0.25) is 0 Å². The summed E-state index contributed by atoms with van der Waals surface area (Å²) in [5.41, 5.74) is 0. The quantitative estimate of drug-likeness (QED) is 0.289. The van der Waals surface area contributed by atoms with Gasteiger partial charge in [0.1, 0.15) is 9.05 Å². The third-order valence-electron chi connectivity index (χ3n) is 0. The van der Waals surface area contributed by atoms with Crippen LogP contribution < -0.4 is 9.59 Å². The minimum Gasteiger partial charge on any atom is -0.828 e. The molecule has 10 heavy (non-hydrogen) atoms. The SMILES string of the molecule is O=C(O)O.[Ca+2].[O-][Si]([O-])(O)O. The van der Waals surface area contributed by atoms with Gasteiger partial charge >= 0.3 is 43.9 Å². The van der Waals surface area contributed by atoms with Crippen LogP contribution in [0, 0.1) is 0 Å². The molecule has 4 N–H and O–H groups in total. The van der Waals surface area contributed by atoms with E-state index in [1.807, 2.05) is 0 Å². The van der Waals surface area contributed by atoms with Crippen molar-refractivity contribution in [3.63, 3.8) is 0 Å². The van der Waals surface area contributed by atoms with Crippen molar-refractivity contribution in [3.05, 3.63) is 0 Å². The van der Waals surface area contributed by atoms with Crippen LogP contribution in [0.2, 0.25) is 0 Å². The molecule has 9 heteroatoms. The van der Waals surface area contributed by atoms with Gasteiger partial charge in [0.05, 0.1) is 0 Å². The number of hydrogen-bond donors (Lipinski definition) is 4. The number of carboxylic acid groups (broad SMARTS) is 2. The van der Waals surface area contributed by atoms with Crippen molar-refractivity contribution in [2.45, 2.75) is 0 Å². The number of rotatable bonds is 0. The molecule has 0 saturated carbocycles. The third kappa shape index (κ3) is 1440. The second-order valence-electron chi connectivity index (χ2n) is 0.831. The summed E-state index contributed by atoms with van der Waals surface area (Å²) in [5.74, 6) is 0. The Morgan fingerprint density at radius 3 is 1.20 bits per heavy atom. The molecule has 0 amide bonds. The average molecular weight is 196 g/mol. The Morgan fingerprint density at radius 1 is 1.20 bits per heavy atom. The normalized spacial score (nSPS) is 8.40. The van der Waals surface area contributed by atoms with Crippen molar-refractivity contribution >= 4 is 52.9 Å². The van der Waals surface area contributed by atoms with Crippen LogP contribution >= 0.6 is 0 Å². The van der Waals surface area contributed by atoms with Gasteiger partial charge in [0, 0.05) is 0 Å². The molecule has 0 aliphatic carbocycles. The average Bonchev–Trinajstić information content (AvgIpc) is 1.19. The Morgan fingerprint density at radius 2 is 1.20 bits per heavy atom. The Bertz CT molecular complexity index is 76.1. The van der Waals surface area contributed by atoms with E-state index >= 15 is 0 Å². The van der Waals surface area contributed by atoms with Crippen LogP contribution in [0.15, 0.2) is 0 Å². The monoisotopic (exact) mass is 196 g/mol. The fraction of sp³-hybridized carbons (Fsp3) is 0. The predicted molar refractivity (Wildman–Crippen MR) is 26.6 cm³/mol. The molecule has 0 radical (unpaired) electrons. The summed E-state index contributed by atoms with van der Waals surface area (Å²) >= 11 is 0. The summed E-state index contributed by atoms with van der Waals surface area (Å²) in [6.07, 6.45) is -1.83. The van der Waals surface area contributed by atoms with Crippen LogP contribution in [-0.2, 0) is 0 Å².